The van der Waals surface area contributed by atoms with Crippen molar-refractivity contribution in [2.24, 2.45) is 17.5 Å². The Morgan fingerprint density at radius 1 is 0.979 bits per heavy atom. The Balaban J connectivity index is 0.881. The van der Waals surface area contributed by atoms with Crippen molar-refractivity contribution in [2.45, 2.75) is 25.8 Å². The molecule has 1 atom stereocenters. The number of rotatable bonds is 7. The van der Waals surface area contributed by atoms with E-state index in [0.717, 1.165) is 65.2 Å². The zero-order valence-corrected chi connectivity index (χ0v) is 27.3. The first-order chi connectivity index (χ1) is 23.4. The first-order valence-corrected chi connectivity index (χ1v) is 16.5. The molecule has 8 rings (SSSR count). The monoisotopic (exact) mass is 642 g/mol. The maximum absolute atomic E-state index is 14.0. The molecule has 2 amide bonds. The van der Waals surface area contributed by atoms with Crippen molar-refractivity contribution in [1.82, 2.24) is 29.5 Å². The molecule has 4 aliphatic heterocycles. The van der Waals surface area contributed by atoms with Gasteiger partial charge in [0.15, 0.2) is 5.82 Å². The molecule has 2 aromatic heterocycles. The summed E-state index contributed by atoms with van der Waals surface area (Å²) in [4.78, 5) is 47.0. The number of hydrogen-bond acceptors (Lipinski definition) is 8. The molecular formula is C37H38N8O3. The third-order valence-corrected chi connectivity index (χ3v) is 10.3. The second kappa shape index (κ2) is 12.1. The number of pyridine rings is 1. The number of hydrogen-bond donors (Lipinski definition) is 0. The number of carbonyl (C=O) groups excluding carboxylic acids is 2. The van der Waals surface area contributed by atoms with Gasteiger partial charge in [0.1, 0.15) is 12.1 Å². The highest BCUT2D eigenvalue weighted by Crippen LogP contribution is 2.43. The normalized spacial score (nSPS) is 20.8. The van der Waals surface area contributed by atoms with Crippen molar-refractivity contribution in [2.75, 3.05) is 51.3 Å². The number of aliphatic imine (C=N–C) groups is 1. The first kappa shape index (κ1) is 30.2. The number of amides is 2. The molecule has 244 valence electrons. The molecular weight excluding hydrogens is 604 g/mol. The molecule has 0 aliphatic carbocycles. The quantitative estimate of drug-likeness (QED) is 0.300. The molecule has 0 bridgehead atoms. The average Bonchev–Trinajstić information content (AvgIpc) is 3.92. The van der Waals surface area contributed by atoms with E-state index in [1.807, 2.05) is 47.2 Å². The highest BCUT2D eigenvalue weighted by atomic mass is 16.5. The minimum atomic E-state index is -0.445. The number of benzene rings is 2. The van der Waals surface area contributed by atoms with Gasteiger partial charge in [0.05, 0.1) is 43.2 Å². The van der Waals surface area contributed by atoms with Crippen LogP contribution in [0, 0.1) is 5.41 Å². The molecule has 6 heterocycles. The smallest absolute Gasteiger partial charge is 0.237 e. The summed E-state index contributed by atoms with van der Waals surface area (Å²) >= 11 is 0. The predicted molar refractivity (Wildman–Crippen MR) is 183 cm³/mol. The van der Waals surface area contributed by atoms with E-state index in [9.17, 15) is 9.59 Å². The summed E-state index contributed by atoms with van der Waals surface area (Å²) in [5, 5.41) is 4.38. The number of methoxy groups -OCH3 is 1. The van der Waals surface area contributed by atoms with Gasteiger partial charge in [-0.1, -0.05) is 36.4 Å². The maximum atomic E-state index is 14.0. The van der Waals surface area contributed by atoms with E-state index >= 15 is 0 Å². The zero-order valence-electron chi connectivity index (χ0n) is 27.3. The number of likely N-dealkylation sites (tertiary alicyclic amines) is 1. The summed E-state index contributed by atoms with van der Waals surface area (Å²) in [7, 11) is 3.48. The van der Waals surface area contributed by atoms with Gasteiger partial charge in [0.2, 0.25) is 11.8 Å². The van der Waals surface area contributed by atoms with Crippen LogP contribution in [-0.4, -0.2) is 93.5 Å². The Hall–Kier alpha value is -5.16. The Labute approximate surface area is 279 Å². The lowest BCUT2D eigenvalue weighted by molar-refractivity contribution is -0.132. The Bertz CT molecular complexity index is 1950. The van der Waals surface area contributed by atoms with E-state index in [1.165, 1.54) is 5.57 Å². The number of fused-ring (bicyclic) bond motifs is 1. The van der Waals surface area contributed by atoms with Gasteiger partial charge >= 0.3 is 0 Å². The van der Waals surface area contributed by atoms with Crippen LogP contribution in [-0.2, 0) is 23.2 Å². The van der Waals surface area contributed by atoms with Gasteiger partial charge in [-0.2, -0.15) is 5.10 Å². The number of aryl methyl sites for hydroxylation is 1. The standard InChI is InChI=1S/C37H38N8O3/c1-42-24-40-35(41-42)27-5-3-25(4-6-27)26-11-15-44(16-12-26)33(46)22-43-17-13-37(23-43)14-18-45(36(37)47)29-8-7-28-20-39-34(31(28)19-29)32-10-9-30(48-2)21-38-32/h3-11,19,21,24H,12-18,20,22-23H2,1-2H3/t37-/m0/s1. The van der Waals surface area contributed by atoms with E-state index in [0.29, 0.717) is 50.8 Å². The molecule has 2 saturated heterocycles. The second-order valence-corrected chi connectivity index (χ2v) is 13.2. The van der Waals surface area contributed by atoms with Gasteiger partial charge in [-0.05, 0) is 66.8 Å². The van der Waals surface area contributed by atoms with Crippen LogP contribution in [0.4, 0.5) is 5.69 Å². The van der Waals surface area contributed by atoms with Gasteiger partial charge < -0.3 is 14.5 Å². The molecule has 0 radical (unpaired) electrons. The molecule has 11 heteroatoms. The highest BCUT2D eigenvalue weighted by molar-refractivity contribution is 6.15. The maximum Gasteiger partial charge on any atom is 0.237 e. The Morgan fingerprint density at radius 2 is 1.81 bits per heavy atom. The number of aromatic nitrogens is 4. The molecule has 48 heavy (non-hydrogen) atoms. The molecule has 4 aliphatic rings. The minimum absolute atomic E-state index is 0.124. The molecule has 4 aromatic rings. The number of carbonyl (C=O) groups is 2. The van der Waals surface area contributed by atoms with E-state index in [1.54, 1.807) is 24.3 Å². The van der Waals surface area contributed by atoms with Crippen LogP contribution in [0.25, 0.3) is 17.0 Å². The molecule has 1 spiro atoms. The number of nitrogens with zero attached hydrogens (tertiary/aromatic N) is 8. The van der Waals surface area contributed by atoms with Crippen molar-refractivity contribution in [3.63, 3.8) is 0 Å². The van der Waals surface area contributed by atoms with E-state index in [-0.39, 0.29) is 11.8 Å². The van der Waals surface area contributed by atoms with Crippen LogP contribution in [0.1, 0.15) is 41.6 Å². The van der Waals surface area contributed by atoms with Crippen LogP contribution in [0.15, 0.2) is 78.2 Å². The van der Waals surface area contributed by atoms with Gasteiger partial charge in [-0.25, -0.2) is 4.98 Å². The second-order valence-electron chi connectivity index (χ2n) is 13.2. The van der Waals surface area contributed by atoms with Crippen LogP contribution in [0.5, 0.6) is 5.75 Å². The summed E-state index contributed by atoms with van der Waals surface area (Å²) in [5.74, 6) is 1.70. The summed E-state index contributed by atoms with van der Waals surface area (Å²) in [5.41, 5.74) is 7.64. The third-order valence-electron chi connectivity index (χ3n) is 10.3. The van der Waals surface area contributed by atoms with Crippen LogP contribution in [0.2, 0.25) is 0 Å². The SMILES string of the molecule is COc1ccc(C2=NCc3ccc(N4CC[C@]5(CCN(CC(=O)N6CC=C(c7ccc(-c8ncn(C)n8)cc7)CC6)C5)C4=O)cc32)nc1. The van der Waals surface area contributed by atoms with Crippen molar-refractivity contribution in [1.29, 1.82) is 0 Å². The summed E-state index contributed by atoms with van der Waals surface area (Å²) in [6, 6.07) is 18.3. The Morgan fingerprint density at radius 3 is 2.54 bits per heavy atom. The third kappa shape index (κ3) is 5.47. The fourth-order valence-corrected chi connectivity index (χ4v) is 7.49. The molecule has 2 aromatic carbocycles. The zero-order chi connectivity index (χ0) is 32.8. The lowest BCUT2D eigenvalue weighted by Crippen LogP contribution is -2.43. The fourth-order valence-electron chi connectivity index (χ4n) is 7.49. The van der Waals surface area contributed by atoms with Crippen LogP contribution in [0.3, 0.4) is 0 Å². The molecule has 0 N–H and O–H groups in total. The summed E-state index contributed by atoms with van der Waals surface area (Å²) in [6.45, 7) is 4.28. The highest BCUT2D eigenvalue weighted by Gasteiger charge is 2.51. The van der Waals surface area contributed by atoms with Crippen molar-refractivity contribution >= 4 is 28.8 Å². The van der Waals surface area contributed by atoms with Gasteiger partial charge in [0.25, 0.3) is 0 Å². The van der Waals surface area contributed by atoms with E-state index in [4.69, 9.17) is 9.73 Å². The van der Waals surface area contributed by atoms with Crippen LogP contribution >= 0.6 is 0 Å². The summed E-state index contributed by atoms with van der Waals surface area (Å²) < 4.78 is 6.96. The van der Waals surface area contributed by atoms with Crippen LogP contribution < -0.4 is 9.64 Å². The van der Waals surface area contributed by atoms with E-state index < -0.39 is 5.41 Å². The minimum Gasteiger partial charge on any atom is -0.495 e. The topological polar surface area (TPSA) is 109 Å². The van der Waals surface area contributed by atoms with Gasteiger partial charge in [-0.3, -0.25) is 29.1 Å². The van der Waals surface area contributed by atoms with E-state index in [2.05, 4.69) is 50.3 Å². The number of anilines is 1. The Kier molecular flexibility index (Phi) is 7.63. The van der Waals surface area contributed by atoms with Crippen molar-refractivity contribution in [3.8, 4) is 17.1 Å². The van der Waals surface area contributed by atoms with Crippen molar-refractivity contribution < 1.29 is 14.3 Å². The largest absolute Gasteiger partial charge is 0.495 e. The molecule has 2 fully saturated rings. The summed E-state index contributed by atoms with van der Waals surface area (Å²) in [6.07, 6.45) is 7.94. The molecule has 0 unspecified atom stereocenters. The van der Waals surface area contributed by atoms with Crippen molar-refractivity contribution in [3.05, 3.63) is 95.6 Å². The first-order valence-electron chi connectivity index (χ1n) is 16.5. The lowest BCUT2D eigenvalue weighted by Gasteiger charge is -2.29. The molecule has 11 nitrogen and oxygen atoms in total. The fraction of sp³-hybridized carbons (Fsp3) is 0.351. The van der Waals surface area contributed by atoms with Gasteiger partial charge in [0, 0.05) is 50.0 Å². The average molecular weight is 643 g/mol. The van der Waals surface area contributed by atoms with Gasteiger partial charge in [-0.15, -0.1) is 0 Å². The lowest BCUT2D eigenvalue weighted by atomic mass is 9.85. The predicted octanol–water partition coefficient (Wildman–Crippen LogP) is 3.98. The molecule has 0 saturated carbocycles. The number of ether oxygens (including phenoxy) is 1.